The Morgan fingerprint density at radius 3 is 2.45 bits per heavy atom. The molecule has 0 spiro atoms. The lowest BCUT2D eigenvalue weighted by Gasteiger charge is -2.15. The molecule has 1 atom stereocenters. The van der Waals surface area contributed by atoms with Crippen molar-refractivity contribution in [3.8, 4) is 5.75 Å². The minimum atomic E-state index is -0.601. The molecule has 1 amide bonds. The predicted octanol–water partition coefficient (Wildman–Crippen LogP) is 2.88. The molecule has 1 aromatic carbocycles. The molecule has 0 aliphatic rings. The number of carbonyl (C=O) groups excluding carboxylic acids is 1. The van der Waals surface area contributed by atoms with Gasteiger partial charge in [0.25, 0.3) is 5.91 Å². The van der Waals surface area contributed by atoms with E-state index in [-0.39, 0.29) is 5.91 Å². The molecule has 0 aliphatic heterocycles. The van der Waals surface area contributed by atoms with Crippen molar-refractivity contribution in [2.75, 3.05) is 19.6 Å². The third-order valence-corrected chi connectivity index (χ3v) is 2.98. The van der Waals surface area contributed by atoms with E-state index in [2.05, 4.69) is 17.6 Å². The minimum Gasteiger partial charge on any atom is -0.481 e. The van der Waals surface area contributed by atoms with Crippen LogP contribution in [0.2, 0.25) is 10.0 Å². The summed E-state index contributed by atoms with van der Waals surface area (Å²) in [5.74, 6) is 0.314. The van der Waals surface area contributed by atoms with Crippen molar-refractivity contribution >= 4 is 29.1 Å². The Hall–Kier alpha value is -0.970. The second kappa shape index (κ2) is 9.06. The number of rotatable bonds is 8. The lowest BCUT2D eigenvalue weighted by atomic mass is 10.3. The first-order valence-electron chi connectivity index (χ1n) is 6.64. The molecule has 1 unspecified atom stereocenters. The van der Waals surface area contributed by atoms with Crippen LogP contribution in [0.25, 0.3) is 0 Å². The highest BCUT2D eigenvalue weighted by atomic mass is 35.5. The Balaban J connectivity index is 2.37. The quantitative estimate of drug-likeness (QED) is 0.725. The largest absolute Gasteiger partial charge is 0.481 e. The zero-order valence-electron chi connectivity index (χ0n) is 11.7. The monoisotopic (exact) mass is 318 g/mol. The summed E-state index contributed by atoms with van der Waals surface area (Å²) in [6, 6.07) is 4.86. The van der Waals surface area contributed by atoms with Gasteiger partial charge in [0, 0.05) is 23.1 Å². The van der Waals surface area contributed by atoms with Gasteiger partial charge in [0.1, 0.15) is 5.75 Å². The zero-order chi connectivity index (χ0) is 15.0. The van der Waals surface area contributed by atoms with Crippen molar-refractivity contribution in [1.29, 1.82) is 0 Å². The van der Waals surface area contributed by atoms with Crippen LogP contribution in [0.4, 0.5) is 0 Å². The maximum atomic E-state index is 11.8. The number of ether oxygens (including phenoxy) is 1. The van der Waals surface area contributed by atoms with Crippen molar-refractivity contribution in [2.45, 2.75) is 26.4 Å². The Bertz CT molecular complexity index is 421. The predicted molar refractivity (Wildman–Crippen MR) is 82.7 cm³/mol. The molecule has 2 N–H and O–H groups in total. The molecule has 1 aromatic rings. The first kappa shape index (κ1) is 17.1. The summed E-state index contributed by atoms with van der Waals surface area (Å²) in [6.45, 7) is 6.04. The minimum absolute atomic E-state index is 0.167. The van der Waals surface area contributed by atoms with E-state index in [4.69, 9.17) is 27.9 Å². The molecular formula is C14H20Cl2N2O2. The van der Waals surface area contributed by atoms with Crippen LogP contribution in [-0.2, 0) is 4.79 Å². The lowest BCUT2D eigenvalue weighted by Crippen LogP contribution is -2.39. The van der Waals surface area contributed by atoms with Crippen LogP contribution in [0.3, 0.4) is 0 Å². The molecule has 20 heavy (non-hydrogen) atoms. The smallest absolute Gasteiger partial charge is 0.260 e. The van der Waals surface area contributed by atoms with E-state index in [9.17, 15) is 4.79 Å². The van der Waals surface area contributed by atoms with E-state index in [1.165, 1.54) is 0 Å². The topological polar surface area (TPSA) is 50.4 Å². The van der Waals surface area contributed by atoms with Gasteiger partial charge in [-0.1, -0.05) is 30.1 Å². The molecule has 112 valence electrons. The molecule has 0 aromatic heterocycles. The summed E-state index contributed by atoms with van der Waals surface area (Å²) in [7, 11) is 0. The SMILES string of the molecule is CCCNCCNC(=O)C(C)Oc1cc(Cl)cc(Cl)c1. The summed E-state index contributed by atoms with van der Waals surface area (Å²) in [4.78, 5) is 11.8. The van der Waals surface area contributed by atoms with Crippen molar-refractivity contribution in [3.63, 3.8) is 0 Å². The number of nitrogens with one attached hydrogen (secondary N) is 2. The van der Waals surface area contributed by atoms with Gasteiger partial charge in [0.05, 0.1) is 0 Å². The van der Waals surface area contributed by atoms with E-state index >= 15 is 0 Å². The fraction of sp³-hybridized carbons (Fsp3) is 0.500. The number of halogens is 2. The molecule has 0 saturated carbocycles. The third kappa shape index (κ3) is 6.46. The van der Waals surface area contributed by atoms with Crippen molar-refractivity contribution < 1.29 is 9.53 Å². The molecule has 0 aliphatic carbocycles. The Morgan fingerprint density at radius 2 is 1.85 bits per heavy atom. The van der Waals surface area contributed by atoms with Crippen molar-refractivity contribution in [1.82, 2.24) is 10.6 Å². The average Bonchev–Trinajstić information content (AvgIpc) is 2.36. The summed E-state index contributed by atoms with van der Waals surface area (Å²) in [5.41, 5.74) is 0. The molecule has 0 bridgehead atoms. The van der Waals surface area contributed by atoms with Gasteiger partial charge in [-0.05, 0) is 38.1 Å². The normalized spacial score (nSPS) is 12.0. The van der Waals surface area contributed by atoms with Crippen LogP contribution in [0.15, 0.2) is 18.2 Å². The first-order valence-corrected chi connectivity index (χ1v) is 7.39. The van der Waals surface area contributed by atoms with E-state index in [0.717, 1.165) is 19.5 Å². The molecule has 4 nitrogen and oxygen atoms in total. The zero-order valence-corrected chi connectivity index (χ0v) is 13.2. The van der Waals surface area contributed by atoms with E-state index in [0.29, 0.717) is 22.3 Å². The second-order valence-electron chi connectivity index (χ2n) is 4.41. The number of hydrogen-bond donors (Lipinski definition) is 2. The van der Waals surface area contributed by atoms with Crippen LogP contribution in [0, 0.1) is 0 Å². The maximum absolute atomic E-state index is 11.8. The summed E-state index contributed by atoms with van der Waals surface area (Å²) < 4.78 is 5.51. The summed E-state index contributed by atoms with van der Waals surface area (Å²) in [5, 5.41) is 6.95. The first-order chi connectivity index (χ1) is 9.52. The van der Waals surface area contributed by atoms with Gasteiger partial charge >= 0.3 is 0 Å². The highest BCUT2D eigenvalue weighted by Crippen LogP contribution is 2.24. The summed E-state index contributed by atoms with van der Waals surface area (Å²) in [6.07, 6.45) is 0.471. The number of amides is 1. The average molecular weight is 319 g/mol. The third-order valence-electron chi connectivity index (χ3n) is 2.55. The lowest BCUT2D eigenvalue weighted by molar-refractivity contribution is -0.127. The molecule has 0 radical (unpaired) electrons. The van der Waals surface area contributed by atoms with Crippen LogP contribution in [0.1, 0.15) is 20.3 Å². The van der Waals surface area contributed by atoms with E-state index < -0.39 is 6.10 Å². The Morgan fingerprint density at radius 1 is 1.20 bits per heavy atom. The molecule has 0 heterocycles. The highest BCUT2D eigenvalue weighted by Gasteiger charge is 2.14. The fourth-order valence-corrected chi connectivity index (χ4v) is 2.08. The van der Waals surface area contributed by atoms with Crippen LogP contribution in [0.5, 0.6) is 5.75 Å². The number of carbonyl (C=O) groups is 1. The molecule has 1 rings (SSSR count). The van der Waals surface area contributed by atoms with Gasteiger partial charge in [-0.3, -0.25) is 4.79 Å². The van der Waals surface area contributed by atoms with E-state index in [1.807, 2.05) is 0 Å². The van der Waals surface area contributed by atoms with Crippen LogP contribution in [-0.4, -0.2) is 31.6 Å². The Labute approximate surface area is 129 Å². The van der Waals surface area contributed by atoms with Gasteiger partial charge in [0.2, 0.25) is 0 Å². The van der Waals surface area contributed by atoms with Gasteiger partial charge in [-0.15, -0.1) is 0 Å². The highest BCUT2D eigenvalue weighted by molar-refractivity contribution is 6.34. The van der Waals surface area contributed by atoms with Gasteiger partial charge < -0.3 is 15.4 Å². The fourth-order valence-electron chi connectivity index (χ4n) is 1.57. The van der Waals surface area contributed by atoms with Gasteiger partial charge in [-0.25, -0.2) is 0 Å². The van der Waals surface area contributed by atoms with Crippen LogP contribution < -0.4 is 15.4 Å². The van der Waals surface area contributed by atoms with Crippen LogP contribution >= 0.6 is 23.2 Å². The van der Waals surface area contributed by atoms with Gasteiger partial charge in [0.15, 0.2) is 6.10 Å². The van der Waals surface area contributed by atoms with Crippen molar-refractivity contribution in [3.05, 3.63) is 28.2 Å². The number of benzene rings is 1. The molecular weight excluding hydrogens is 299 g/mol. The van der Waals surface area contributed by atoms with Gasteiger partial charge in [-0.2, -0.15) is 0 Å². The maximum Gasteiger partial charge on any atom is 0.260 e. The van der Waals surface area contributed by atoms with E-state index in [1.54, 1.807) is 25.1 Å². The van der Waals surface area contributed by atoms with Crippen molar-refractivity contribution in [2.24, 2.45) is 0 Å². The molecule has 0 fully saturated rings. The molecule has 6 heteroatoms. The molecule has 0 saturated heterocycles. The Kier molecular flexibility index (Phi) is 7.73. The second-order valence-corrected chi connectivity index (χ2v) is 5.28. The standard InChI is InChI=1S/C14H20Cl2N2O2/c1-3-4-17-5-6-18-14(19)10(2)20-13-8-11(15)7-12(16)9-13/h7-10,17H,3-6H2,1-2H3,(H,18,19). The summed E-state index contributed by atoms with van der Waals surface area (Å²) >= 11 is 11.7. The number of hydrogen-bond acceptors (Lipinski definition) is 3.